The zero-order valence-electron chi connectivity index (χ0n) is 17.5. The summed E-state index contributed by atoms with van der Waals surface area (Å²) in [7, 11) is 0. The normalized spacial score (nSPS) is 30.3. The Labute approximate surface area is 174 Å². The van der Waals surface area contributed by atoms with Gasteiger partial charge >= 0.3 is 0 Å². The van der Waals surface area contributed by atoms with Crippen molar-refractivity contribution in [2.24, 2.45) is 5.92 Å². The van der Waals surface area contributed by atoms with Crippen LogP contribution >= 0.6 is 0 Å². The van der Waals surface area contributed by atoms with E-state index in [-0.39, 0.29) is 11.8 Å². The summed E-state index contributed by atoms with van der Waals surface area (Å²) in [5.74, 6) is 0.245. The first-order valence-corrected chi connectivity index (χ1v) is 11.1. The van der Waals surface area contributed by atoms with Gasteiger partial charge in [0.25, 0.3) is 0 Å². The Morgan fingerprint density at radius 2 is 1.97 bits per heavy atom. The van der Waals surface area contributed by atoms with Gasteiger partial charge in [0, 0.05) is 32.2 Å². The van der Waals surface area contributed by atoms with E-state index >= 15 is 0 Å². The average Bonchev–Trinajstić information content (AvgIpc) is 2.67. The number of nitrogens with zero attached hydrogens (tertiary/aromatic N) is 1. The average molecular weight is 399 g/mol. The number of aliphatic hydroxyl groups is 1. The van der Waals surface area contributed by atoms with Crippen molar-refractivity contribution in [3.8, 4) is 0 Å². The molecule has 0 bridgehead atoms. The molecule has 5 nitrogen and oxygen atoms in total. The first-order valence-electron chi connectivity index (χ1n) is 11.1. The molecule has 4 rings (SSSR count). The number of hydrogen-bond acceptors (Lipinski definition) is 4. The molecule has 1 spiro atoms. The number of ether oxygens (including phenoxy) is 1. The standard InChI is InChI=1S/C24H34N2O3/c1-23(25-21(27)20-10-5-11-20)14-18-29-24(22(23)28)12-16-26(17-13-24)15-6-9-19-7-3-2-4-8-19/h2-4,6-9,20,22,28H,5,10-18H2,1H3,(H,25,27)/b9-6+/t22-,23+/m1/s1. The monoisotopic (exact) mass is 398 g/mol. The van der Waals surface area contributed by atoms with E-state index in [1.165, 1.54) is 5.56 Å². The summed E-state index contributed by atoms with van der Waals surface area (Å²) in [5, 5.41) is 14.5. The van der Waals surface area contributed by atoms with Gasteiger partial charge in [-0.3, -0.25) is 9.69 Å². The summed E-state index contributed by atoms with van der Waals surface area (Å²) in [6.07, 6.45) is 9.03. The van der Waals surface area contributed by atoms with Gasteiger partial charge in [0.15, 0.2) is 0 Å². The lowest BCUT2D eigenvalue weighted by Gasteiger charge is -2.54. The molecule has 3 fully saturated rings. The molecule has 5 heteroatoms. The second-order valence-electron chi connectivity index (χ2n) is 9.21. The van der Waals surface area contributed by atoms with Crippen LogP contribution in [0.15, 0.2) is 36.4 Å². The van der Waals surface area contributed by atoms with Crippen LogP contribution in [0.3, 0.4) is 0 Å². The van der Waals surface area contributed by atoms with Crippen molar-refractivity contribution in [3.63, 3.8) is 0 Å². The van der Waals surface area contributed by atoms with E-state index in [4.69, 9.17) is 4.74 Å². The largest absolute Gasteiger partial charge is 0.388 e. The number of aliphatic hydroxyl groups excluding tert-OH is 1. The number of carbonyl (C=O) groups is 1. The number of piperidine rings is 1. The highest BCUT2D eigenvalue weighted by atomic mass is 16.5. The van der Waals surface area contributed by atoms with Gasteiger partial charge in [-0.05, 0) is 44.6 Å². The van der Waals surface area contributed by atoms with Crippen LogP contribution < -0.4 is 5.32 Å². The summed E-state index contributed by atoms with van der Waals surface area (Å²) in [6.45, 7) is 5.27. The summed E-state index contributed by atoms with van der Waals surface area (Å²) >= 11 is 0. The highest BCUT2D eigenvalue weighted by molar-refractivity contribution is 5.80. The fourth-order valence-corrected chi connectivity index (χ4v) is 4.88. The third kappa shape index (κ3) is 4.42. The van der Waals surface area contributed by atoms with Gasteiger partial charge in [-0.1, -0.05) is 48.9 Å². The first-order chi connectivity index (χ1) is 14.0. The maximum Gasteiger partial charge on any atom is 0.223 e. The van der Waals surface area contributed by atoms with Gasteiger partial charge in [-0.15, -0.1) is 0 Å². The molecule has 1 saturated carbocycles. The van der Waals surface area contributed by atoms with Crippen LogP contribution in [-0.2, 0) is 9.53 Å². The molecule has 1 amide bonds. The highest BCUT2D eigenvalue weighted by Crippen LogP contribution is 2.40. The van der Waals surface area contributed by atoms with Crippen molar-refractivity contribution in [2.45, 2.75) is 62.7 Å². The third-order valence-electron chi connectivity index (χ3n) is 7.17. The highest BCUT2D eigenvalue weighted by Gasteiger charge is 2.54. The Morgan fingerprint density at radius 3 is 2.62 bits per heavy atom. The van der Waals surface area contributed by atoms with E-state index in [1.54, 1.807) is 0 Å². The lowest BCUT2D eigenvalue weighted by atomic mass is 9.72. The topological polar surface area (TPSA) is 61.8 Å². The minimum Gasteiger partial charge on any atom is -0.388 e. The number of carbonyl (C=O) groups excluding carboxylic acids is 1. The van der Waals surface area contributed by atoms with E-state index in [0.717, 1.165) is 51.7 Å². The smallest absolute Gasteiger partial charge is 0.223 e. The second-order valence-corrected chi connectivity index (χ2v) is 9.21. The van der Waals surface area contributed by atoms with Crippen LogP contribution in [0.2, 0.25) is 0 Å². The van der Waals surface area contributed by atoms with Gasteiger partial charge in [0.1, 0.15) is 6.10 Å². The van der Waals surface area contributed by atoms with Crippen LogP contribution in [0.25, 0.3) is 6.08 Å². The Balaban J connectivity index is 1.33. The molecule has 29 heavy (non-hydrogen) atoms. The minimum atomic E-state index is -0.671. The van der Waals surface area contributed by atoms with Crippen LogP contribution in [0, 0.1) is 5.92 Å². The Kier molecular flexibility index (Phi) is 6.09. The summed E-state index contributed by atoms with van der Waals surface area (Å²) < 4.78 is 6.17. The molecule has 1 aliphatic carbocycles. The predicted molar refractivity (Wildman–Crippen MR) is 114 cm³/mol. The van der Waals surface area contributed by atoms with Crippen molar-refractivity contribution >= 4 is 12.0 Å². The molecular weight excluding hydrogens is 364 g/mol. The molecule has 0 unspecified atom stereocenters. The van der Waals surface area contributed by atoms with Crippen molar-refractivity contribution in [1.82, 2.24) is 10.2 Å². The molecule has 2 heterocycles. The molecule has 3 aliphatic rings. The number of benzene rings is 1. The molecule has 0 radical (unpaired) electrons. The third-order valence-corrected chi connectivity index (χ3v) is 7.17. The number of hydrogen-bond donors (Lipinski definition) is 2. The second kappa shape index (κ2) is 8.58. The van der Waals surface area contributed by atoms with Crippen LogP contribution in [0.1, 0.15) is 51.0 Å². The van der Waals surface area contributed by atoms with Gasteiger partial charge in [0.05, 0.1) is 11.1 Å². The fraction of sp³-hybridized carbons (Fsp3) is 0.625. The van der Waals surface area contributed by atoms with Gasteiger partial charge < -0.3 is 15.2 Å². The summed E-state index contributed by atoms with van der Waals surface area (Å²) in [5.41, 5.74) is 0.0739. The van der Waals surface area contributed by atoms with E-state index in [2.05, 4.69) is 34.5 Å². The summed E-state index contributed by atoms with van der Waals surface area (Å²) in [4.78, 5) is 14.9. The molecule has 1 aromatic carbocycles. The Hall–Kier alpha value is -1.69. The van der Waals surface area contributed by atoms with E-state index in [9.17, 15) is 9.90 Å². The molecule has 0 aromatic heterocycles. The molecule has 158 valence electrons. The quantitative estimate of drug-likeness (QED) is 0.801. The van der Waals surface area contributed by atoms with Gasteiger partial charge in [-0.25, -0.2) is 0 Å². The SMILES string of the molecule is C[C@]1(NC(=O)C2CCC2)CCOC2(CCN(C/C=C/c3ccccc3)CC2)[C@@H]1O. The van der Waals surface area contributed by atoms with Crippen molar-refractivity contribution in [2.75, 3.05) is 26.2 Å². The number of rotatable bonds is 5. The Morgan fingerprint density at radius 1 is 1.24 bits per heavy atom. The molecule has 1 aromatic rings. The molecule has 2 N–H and O–H groups in total. The maximum atomic E-state index is 12.5. The molecule has 2 atom stereocenters. The number of nitrogens with one attached hydrogen (secondary N) is 1. The Bertz CT molecular complexity index is 723. The molecular formula is C24H34N2O3. The van der Waals surface area contributed by atoms with Crippen molar-refractivity contribution in [1.29, 1.82) is 0 Å². The first kappa shape index (κ1) is 20.6. The zero-order valence-corrected chi connectivity index (χ0v) is 17.5. The summed E-state index contributed by atoms with van der Waals surface area (Å²) in [6, 6.07) is 10.3. The fourth-order valence-electron chi connectivity index (χ4n) is 4.88. The van der Waals surface area contributed by atoms with E-state index in [0.29, 0.717) is 13.0 Å². The molecule has 2 saturated heterocycles. The van der Waals surface area contributed by atoms with E-state index in [1.807, 2.05) is 25.1 Å². The lowest BCUT2D eigenvalue weighted by molar-refractivity contribution is -0.208. The van der Waals surface area contributed by atoms with Gasteiger partial charge in [0.2, 0.25) is 5.91 Å². The van der Waals surface area contributed by atoms with Crippen molar-refractivity contribution in [3.05, 3.63) is 42.0 Å². The van der Waals surface area contributed by atoms with Crippen LogP contribution in [-0.4, -0.2) is 59.4 Å². The van der Waals surface area contributed by atoms with E-state index < -0.39 is 17.2 Å². The maximum absolute atomic E-state index is 12.5. The van der Waals surface area contributed by atoms with Crippen molar-refractivity contribution < 1.29 is 14.6 Å². The minimum absolute atomic E-state index is 0.110. The predicted octanol–water partition coefficient (Wildman–Crippen LogP) is 2.99. The van der Waals surface area contributed by atoms with Crippen LogP contribution in [0.5, 0.6) is 0 Å². The number of likely N-dealkylation sites (tertiary alicyclic amines) is 1. The lowest BCUT2D eigenvalue weighted by Crippen LogP contribution is -2.69. The molecule has 2 aliphatic heterocycles. The number of amides is 1. The zero-order chi connectivity index (χ0) is 20.3. The van der Waals surface area contributed by atoms with Crippen LogP contribution in [0.4, 0.5) is 0 Å². The van der Waals surface area contributed by atoms with Gasteiger partial charge in [-0.2, -0.15) is 0 Å².